The highest BCUT2D eigenvalue weighted by molar-refractivity contribution is 5.63. The maximum absolute atomic E-state index is 5.38. The fourth-order valence-electron chi connectivity index (χ4n) is 2.57. The lowest BCUT2D eigenvalue weighted by atomic mass is 10.1. The van der Waals surface area contributed by atoms with Gasteiger partial charge in [-0.3, -0.25) is 0 Å². The van der Waals surface area contributed by atoms with Crippen LogP contribution >= 0.6 is 0 Å². The largest absolute Gasteiger partial charge is 0.493 e. The normalized spacial score (nSPS) is 10.5. The van der Waals surface area contributed by atoms with Gasteiger partial charge in [-0.25, -0.2) is 4.68 Å². The van der Waals surface area contributed by atoms with Crippen LogP contribution in [-0.4, -0.2) is 36.3 Å². The molecule has 0 bridgehead atoms. The molecule has 0 radical (unpaired) electrons. The molecule has 0 unspecified atom stereocenters. The van der Waals surface area contributed by atoms with Crippen LogP contribution in [0.5, 0.6) is 17.2 Å². The van der Waals surface area contributed by atoms with Gasteiger partial charge in [0.2, 0.25) is 5.75 Å². The predicted molar refractivity (Wildman–Crippen MR) is 91.2 cm³/mol. The molecular weight excluding hydrogens is 306 g/mol. The highest BCUT2D eigenvalue weighted by Gasteiger charge is 2.15. The van der Waals surface area contributed by atoms with E-state index < -0.39 is 0 Å². The molecule has 0 aliphatic heterocycles. The van der Waals surface area contributed by atoms with Gasteiger partial charge in [-0.15, -0.1) is 5.10 Å². The van der Waals surface area contributed by atoms with Gasteiger partial charge >= 0.3 is 0 Å². The van der Waals surface area contributed by atoms with E-state index in [-0.39, 0.29) is 0 Å². The molecule has 0 spiro atoms. The number of nitrogens with zero attached hydrogens (tertiary/aromatic N) is 3. The lowest BCUT2D eigenvalue weighted by molar-refractivity contribution is 0.324. The van der Waals surface area contributed by atoms with Gasteiger partial charge in [0.1, 0.15) is 5.69 Å². The summed E-state index contributed by atoms with van der Waals surface area (Å²) in [5, 5.41) is 8.50. The first-order valence-electron chi connectivity index (χ1n) is 7.46. The van der Waals surface area contributed by atoms with Crippen LogP contribution in [0.4, 0.5) is 0 Å². The minimum atomic E-state index is 0.544. The Kier molecular flexibility index (Phi) is 4.37. The molecule has 0 atom stereocenters. The van der Waals surface area contributed by atoms with Crippen molar-refractivity contribution < 1.29 is 14.2 Å². The second-order valence-corrected chi connectivity index (χ2v) is 5.25. The zero-order chi connectivity index (χ0) is 17.1. The second kappa shape index (κ2) is 6.62. The average molecular weight is 325 g/mol. The summed E-state index contributed by atoms with van der Waals surface area (Å²) < 4.78 is 17.8. The van der Waals surface area contributed by atoms with Gasteiger partial charge in [-0.05, 0) is 12.5 Å². The summed E-state index contributed by atoms with van der Waals surface area (Å²) in [7, 11) is 4.74. The zero-order valence-electron chi connectivity index (χ0n) is 14.1. The molecule has 1 aromatic heterocycles. The Morgan fingerprint density at radius 2 is 1.58 bits per heavy atom. The van der Waals surface area contributed by atoms with Crippen molar-refractivity contribution in [3.05, 3.63) is 48.2 Å². The maximum atomic E-state index is 5.38. The van der Waals surface area contributed by atoms with Crippen molar-refractivity contribution in [1.29, 1.82) is 0 Å². The number of hydrogen-bond acceptors (Lipinski definition) is 5. The molecule has 2 aromatic carbocycles. The van der Waals surface area contributed by atoms with Crippen molar-refractivity contribution in [3.8, 4) is 34.2 Å². The van der Waals surface area contributed by atoms with E-state index in [0.717, 1.165) is 22.5 Å². The van der Waals surface area contributed by atoms with E-state index in [1.54, 1.807) is 26.0 Å². The third-order valence-electron chi connectivity index (χ3n) is 3.83. The van der Waals surface area contributed by atoms with Crippen LogP contribution in [0.25, 0.3) is 16.9 Å². The first-order chi connectivity index (χ1) is 11.7. The summed E-state index contributed by atoms with van der Waals surface area (Å²) in [6, 6.07) is 11.7. The summed E-state index contributed by atoms with van der Waals surface area (Å²) in [5.74, 6) is 1.68. The first-order valence-corrected chi connectivity index (χ1v) is 7.46. The number of ether oxygens (including phenoxy) is 3. The summed E-state index contributed by atoms with van der Waals surface area (Å²) in [4.78, 5) is 0. The van der Waals surface area contributed by atoms with Gasteiger partial charge in [0.05, 0.1) is 33.2 Å². The topological polar surface area (TPSA) is 58.4 Å². The minimum Gasteiger partial charge on any atom is -0.493 e. The van der Waals surface area contributed by atoms with Gasteiger partial charge in [0.15, 0.2) is 11.5 Å². The summed E-state index contributed by atoms with van der Waals surface area (Å²) in [5.41, 5.74) is 3.78. The van der Waals surface area contributed by atoms with E-state index in [1.807, 2.05) is 49.5 Å². The lowest BCUT2D eigenvalue weighted by Crippen LogP contribution is -2.00. The molecule has 0 fully saturated rings. The lowest BCUT2D eigenvalue weighted by Gasteiger charge is -2.13. The number of benzene rings is 2. The fourth-order valence-corrected chi connectivity index (χ4v) is 2.57. The number of methoxy groups -OCH3 is 3. The Labute approximate surface area is 140 Å². The van der Waals surface area contributed by atoms with Crippen molar-refractivity contribution in [2.24, 2.45) is 0 Å². The van der Waals surface area contributed by atoms with Gasteiger partial charge < -0.3 is 14.2 Å². The zero-order valence-corrected chi connectivity index (χ0v) is 14.1. The van der Waals surface area contributed by atoms with Crippen molar-refractivity contribution in [3.63, 3.8) is 0 Å². The SMILES string of the molecule is COc1cc(-n2cc(-c3ccccc3C)nn2)cc(OC)c1OC. The van der Waals surface area contributed by atoms with Gasteiger partial charge in [0, 0.05) is 17.7 Å². The molecule has 6 nitrogen and oxygen atoms in total. The minimum absolute atomic E-state index is 0.544. The quantitative estimate of drug-likeness (QED) is 0.720. The van der Waals surface area contributed by atoms with Gasteiger partial charge in [-0.1, -0.05) is 29.5 Å². The van der Waals surface area contributed by atoms with E-state index in [4.69, 9.17) is 14.2 Å². The number of aromatic nitrogens is 3. The van der Waals surface area contributed by atoms with E-state index in [0.29, 0.717) is 17.2 Å². The van der Waals surface area contributed by atoms with Crippen LogP contribution < -0.4 is 14.2 Å². The third-order valence-corrected chi connectivity index (χ3v) is 3.83. The van der Waals surface area contributed by atoms with Gasteiger partial charge in [0.25, 0.3) is 0 Å². The van der Waals surface area contributed by atoms with Crippen LogP contribution in [0.15, 0.2) is 42.6 Å². The highest BCUT2D eigenvalue weighted by atomic mass is 16.5. The van der Waals surface area contributed by atoms with E-state index in [9.17, 15) is 0 Å². The summed E-state index contributed by atoms with van der Waals surface area (Å²) >= 11 is 0. The molecule has 6 heteroatoms. The number of hydrogen-bond donors (Lipinski definition) is 0. The summed E-state index contributed by atoms with van der Waals surface area (Å²) in [6.45, 7) is 2.05. The maximum Gasteiger partial charge on any atom is 0.203 e. The molecule has 0 saturated heterocycles. The van der Waals surface area contributed by atoms with E-state index in [1.165, 1.54) is 0 Å². The molecule has 24 heavy (non-hydrogen) atoms. The molecule has 3 rings (SSSR count). The smallest absolute Gasteiger partial charge is 0.203 e. The standard InChI is InChI=1S/C18H19N3O3/c1-12-7-5-6-8-14(12)15-11-21(20-19-15)13-9-16(22-2)18(24-4)17(10-13)23-3/h5-11H,1-4H3. The molecule has 0 saturated carbocycles. The van der Waals surface area contributed by atoms with Crippen LogP contribution in [0.3, 0.4) is 0 Å². The second-order valence-electron chi connectivity index (χ2n) is 5.25. The molecule has 0 aliphatic rings. The Hall–Kier alpha value is -3.02. The average Bonchev–Trinajstić information content (AvgIpc) is 3.10. The number of aryl methyl sites for hydroxylation is 1. The molecule has 3 aromatic rings. The van der Waals surface area contributed by atoms with E-state index >= 15 is 0 Å². The molecule has 0 aliphatic carbocycles. The van der Waals surface area contributed by atoms with Crippen molar-refractivity contribution in [2.75, 3.05) is 21.3 Å². The molecule has 124 valence electrons. The number of rotatable bonds is 5. The summed E-state index contributed by atoms with van der Waals surface area (Å²) in [6.07, 6.45) is 1.88. The molecule has 1 heterocycles. The van der Waals surface area contributed by atoms with Crippen LogP contribution in [0.1, 0.15) is 5.56 Å². The van der Waals surface area contributed by atoms with Crippen molar-refractivity contribution in [1.82, 2.24) is 15.0 Å². The van der Waals surface area contributed by atoms with Crippen molar-refractivity contribution >= 4 is 0 Å². The fraction of sp³-hybridized carbons (Fsp3) is 0.222. The van der Waals surface area contributed by atoms with Crippen LogP contribution in [0, 0.1) is 6.92 Å². The predicted octanol–water partition coefficient (Wildman–Crippen LogP) is 3.27. The Bertz CT molecular complexity index is 833. The van der Waals surface area contributed by atoms with Gasteiger partial charge in [-0.2, -0.15) is 0 Å². The molecule has 0 N–H and O–H groups in total. The first kappa shape index (κ1) is 15.9. The van der Waals surface area contributed by atoms with Crippen LogP contribution in [-0.2, 0) is 0 Å². The van der Waals surface area contributed by atoms with E-state index in [2.05, 4.69) is 10.3 Å². The van der Waals surface area contributed by atoms with Crippen molar-refractivity contribution in [2.45, 2.75) is 6.92 Å². The Morgan fingerprint density at radius 1 is 0.917 bits per heavy atom. The Morgan fingerprint density at radius 3 is 2.17 bits per heavy atom. The monoisotopic (exact) mass is 325 g/mol. The molecular formula is C18H19N3O3. The molecule has 0 amide bonds. The van der Waals surface area contributed by atoms with Crippen LogP contribution in [0.2, 0.25) is 0 Å². The highest BCUT2D eigenvalue weighted by Crippen LogP contribution is 2.39. The Balaban J connectivity index is 2.06. The third kappa shape index (κ3) is 2.78.